The molecule has 4 rings (SSSR count). The molecule has 2 N–H and O–H groups in total. The molecule has 0 bridgehead atoms. The van der Waals surface area contributed by atoms with Crippen LogP contribution in [-0.4, -0.2) is 48.6 Å². The number of amides is 3. The molecule has 182 valence electrons. The van der Waals surface area contributed by atoms with E-state index in [0.717, 1.165) is 11.3 Å². The normalized spacial score (nSPS) is 15.3. The van der Waals surface area contributed by atoms with E-state index >= 15 is 0 Å². The molecule has 1 atom stereocenters. The summed E-state index contributed by atoms with van der Waals surface area (Å²) in [5, 5.41) is 5.53. The van der Waals surface area contributed by atoms with Gasteiger partial charge in [-0.1, -0.05) is 24.3 Å². The zero-order chi connectivity index (χ0) is 24.6. The molecular formula is C26H27N3O5S. The van der Waals surface area contributed by atoms with Crippen molar-refractivity contribution in [1.82, 2.24) is 10.2 Å². The molecule has 2 aromatic carbocycles. The molecule has 3 aromatic rings. The maximum absolute atomic E-state index is 12.9. The van der Waals surface area contributed by atoms with E-state index in [4.69, 9.17) is 9.15 Å². The lowest BCUT2D eigenvalue weighted by Gasteiger charge is -2.23. The molecule has 8 nitrogen and oxygen atoms in total. The highest BCUT2D eigenvalue weighted by Gasteiger charge is 2.33. The molecule has 1 aliphatic rings. The average molecular weight is 494 g/mol. The number of ether oxygens (including phenoxy) is 1. The van der Waals surface area contributed by atoms with Gasteiger partial charge in [-0.2, -0.15) is 0 Å². The van der Waals surface area contributed by atoms with Gasteiger partial charge in [-0.05, 0) is 48.4 Å². The van der Waals surface area contributed by atoms with E-state index in [1.54, 1.807) is 72.5 Å². The molecule has 0 aliphatic carbocycles. The molecule has 3 amide bonds. The van der Waals surface area contributed by atoms with Crippen molar-refractivity contribution in [2.75, 3.05) is 31.3 Å². The number of methoxy groups -OCH3 is 1. The number of carbonyl (C=O) groups excluding carboxylic acids is 3. The van der Waals surface area contributed by atoms with Gasteiger partial charge in [-0.3, -0.25) is 14.4 Å². The molecule has 35 heavy (non-hydrogen) atoms. The quantitative estimate of drug-likeness (QED) is 0.413. The fraction of sp³-hybridized carbons (Fsp3) is 0.269. The third kappa shape index (κ3) is 6.12. The number of benzene rings is 2. The van der Waals surface area contributed by atoms with E-state index < -0.39 is 0 Å². The van der Waals surface area contributed by atoms with Crippen LogP contribution in [0.5, 0.6) is 0 Å². The topological polar surface area (TPSA) is 101 Å². The van der Waals surface area contributed by atoms with Crippen molar-refractivity contribution in [3.8, 4) is 0 Å². The molecule has 0 radical (unpaired) electrons. The highest BCUT2D eigenvalue weighted by atomic mass is 32.2. The summed E-state index contributed by atoms with van der Waals surface area (Å²) in [4.78, 5) is 39.7. The molecule has 0 saturated carbocycles. The van der Waals surface area contributed by atoms with Gasteiger partial charge in [-0.15, -0.1) is 11.8 Å². The molecule has 9 heteroatoms. The molecule has 1 aliphatic heterocycles. The highest BCUT2D eigenvalue weighted by molar-refractivity contribution is 8.00. The molecule has 2 heterocycles. The van der Waals surface area contributed by atoms with Gasteiger partial charge in [0.25, 0.3) is 11.8 Å². The van der Waals surface area contributed by atoms with Crippen molar-refractivity contribution < 1.29 is 23.5 Å². The lowest BCUT2D eigenvalue weighted by atomic mass is 10.1. The van der Waals surface area contributed by atoms with E-state index in [1.165, 1.54) is 0 Å². The Morgan fingerprint density at radius 1 is 1.09 bits per heavy atom. The number of para-hydroxylation sites is 1. The van der Waals surface area contributed by atoms with Crippen LogP contribution in [0.3, 0.4) is 0 Å². The van der Waals surface area contributed by atoms with Crippen LogP contribution >= 0.6 is 11.8 Å². The Kier molecular flexibility index (Phi) is 8.23. The van der Waals surface area contributed by atoms with Crippen LogP contribution in [0.2, 0.25) is 0 Å². The van der Waals surface area contributed by atoms with Crippen molar-refractivity contribution in [3.63, 3.8) is 0 Å². The van der Waals surface area contributed by atoms with Crippen LogP contribution in [0, 0.1) is 0 Å². The minimum Gasteiger partial charge on any atom is -0.467 e. The van der Waals surface area contributed by atoms with Gasteiger partial charge in [0.1, 0.15) is 11.1 Å². The summed E-state index contributed by atoms with van der Waals surface area (Å²) in [7, 11) is 1.61. The van der Waals surface area contributed by atoms with E-state index in [2.05, 4.69) is 10.6 Å². The number of nitrogens with one attached hydrogen (secondary N) is 2. The maximum atomic E-state index is 12.9. The standard InChI is InChI=1S/C26H27N3O5S/c1-33-14-5-13-27-25(32)21-7-2-3-8-22(21)28-24(31)18-9-11-19(12-10-18)26-29(23(30)17-35-26)16-20-6-4-15-34-20/h2-4,6-12,15,26H,5,13-14,16-17H2,1H3,(H,27,32)(H,28,31)/t26-/m1/s1. The monoisotopic (exact) mass is 493 g/mol. The lowest BCUT2D eigenvalue weighted by molar-refractivity contribution is -0.128. The van der Waals surface area contributed by atoms with Crippen LogP contribution < -0.4 is 10.6 Å². The van der Waals surface area contributed by atoms with Crippen molar-refractivity contribution >= 4 is 35.2 Å². The molecular weight excluding hydrogens is 466 g/mol. The Hall–Kier alpha value is -3.56. The fourth-order valence-corrected chi connectivity index (χ4v) is 4.96. The van der Waals surface area contributed by atoms with Crippen molar-refractivity contribution in [2.24, 2.45) is 0 Å². The summed E-state index contributed by atoms with van der Waals surface area (Å²) in [6.45, 7) is 1.44. The van der Waals surface area contributed by atoms with Crippen LogP contribution in [0.25, 0.3) is 0 Å². The number of hydrogen-bond acceptors (Lipinski definition) is 6. The third-order valence-corrected chi connectivity index (χ3v) is 6.82. The number of nitrogens with zero attached hydrogens (tertiary/aromatic N) is 1. The van der Waals surface area contributed by atoms with E-state index in [0.29, 0.717) is 48.7 Å². The molecule has 0 unspecified atom stereocenters. The second kappa shape index (κ2) is 11.7. The molecule has 1 saturated heterocycles. The first-order valence-electron chi connectivity index (χ1n) is 11.3. The Labute approximate surface area is 208 Å². The largest absolute Gasteiger partial charge is 0.467 e. The van der Waals surface area contributed by atoms with Crippen molar-refractivity contribution in [1.29, 1.82) is 0 Å². The summed E-state index contributed by atoms with van der Waals surface area (Å²) in [6, 6.07) is 17.7. The Morgan fingerprint density at radius 2 is 1.89 bits per heavy atom. The predicted molar refractivity (Wildman–Crippen MR) is 134 cm³/mol. The SMILES string of the molecule is COCCCNC(=O)c1ccccc1NC(=O)c1ccc([C@H]2SCC(=O)N2Cc2ccco2)cc1. The van der Waals surface area contributed by atoms with E-state index in [9.17, 15) is 14.4 Å². The maximum Gasteiger partial charge on any atom is 0.255 e. The van der Waals surface area contributed by atoms with Crippen LogP contribution in [0.1, 0.15) is 43.8 Å². The molecule has 1 aromatic heterocycles. The van der Waals surface area contributed by atoms with Crippen molar-refractivity contribution in [3.05, 3.63) is 89.4 Å². The minimum absolute atomic E-state index is 0.0512. The highest BCUT2D eigenvalue weighted by Crippen LogP contribution is 2.39. The van der Waals surface area contributed by atoms with Gasteiger partial charge in [0.2, 0.25) is 5.91 Å². The van der Waals surface area contributed by atoms with Crippen LogP contribution in [-0.2, 0) is 16.1 Å². The van der Waals surface area contributed by atoms with E-state index in [-0.39, 0.29) is 23.1 Å². The van der Waals surface area contributed by atoms with Gasteiger partial charge in [0.05, 0.1) is 29.8 Å². The Balaban J connectivity index is 1.42. The van der Waals surface area contributed by atoms with Gasteiger partial charge >= 0.3 is 0 Å². The molecule has 1 fully saturated rings. The number of hydrogen-bond donors (Lipinski definition) is 2. The number of anilines is 1. The summed E-state index contributed by atoms with van der Waals surface area (Å²) in [5.74, 6) is 0.599. The Morgan fingerprint density at radius 3 is 2.63 bits per heavy atom. The van der Waals surface area contributed by atoms with Gasteiger partial charge < -0.3 is 24.7 Å². The minimum atomic E-state index is -0.321. The Bertz CT molecular complexity index is 1160. The smallest absolute Gasteiger partial charge is 0.255 e. The van der Waals surface area contributed by atoms with Crippen molar-refractivity contribution in [2.45, 2.75) is 18.3 Å². The second-order valence-corrected chi connectivity index (χ2v) is 9.06. The number of furan rings is 1. The summed E-state index contributed by atoms with van der Waals surface area (Å²) in [5.41, 5.74) is 2.22. The van der Waals surface area contributed by atoms with Gasteiger partial charge in [0, 0.05) is 25.8 Å². The first-order chi connectivity index (χ1) is 17.1. The zero-order valence-corrected chi connectivity index (χ0v) is 20.2. The van der Waals surface area contributed by atoms with Gasteiger partial charge in [0.15, 0.2) is 0 Å². The van der Waals surface area contributed by atoms with E-state index in [1.807, 2.05) is 18.2 Å². The predicted octanol–water partition coefficient (Wildman–Crippen LogP) is 4.07. The third-order valence-electron chi connectivity index (χ3n) is 5.56. The average Bonchev–Trinajstić information content (AvgIpc) is 3.52. The second-order valence-electron chi connectivity index (χ2n) is 7.99. The number of thioether (sulfide) groups is 1. The number of rotatable bonds is 10. The summed E-state index contributed by atoms with van der Waals surface area (Å²) < 4.78 is 10.4. The summed E-state index contributed by atoms with van der Waals surface area (Å²) in [6.07, 6.45) is 2.29. The number of carbonyl (C=O) groups is 3. The van der Waals surface area contributed by atoms with Gasteiger partial charge in [-0.25, -0.2) is 0 Å². The zero-order valence-electron chi connectivity index (χ0n) is 19.4. The first-order valence-corrected chi connectivity index (χ1v) is 12.3. The first kappa shape index (κ1) is 24.6. The lowest BCUT2D eigenvalue weighted by Crippen LogP contribution is -2.27. The summed E-state index contributed by atoms with van der Waals surface area (Å²) >= 11 is 1.55. The van der Waals surface area contributed by atoms with Crippen LogP contribution in [0.15, 0.2) is 71.3 Å². The fourth-order valence-electron chi connectivity index (χ4n) is 3.77. The van der Waals surface area contributed by atoms with Crippen LogP contribution in [0.4, 0.5) is 5.69 Å². The molecule has 0 spiro atoms.